The maximum Gasteiger partial charge on any atom is 0.239 e. The van der Waals surface area contributed by atoms with E-state index in [4.69, 9.17) is 5.73 Å². The van der Waals surface area contributed by atoms with Crippen LogP contribution in [0.25, 0.3) is 0 Å². The number of carbonyl (C=O) groups is 1. The molecule has 82 valence electrons. The Morgan fingerprint density at radius 2 is 2.40 bits per heavy atom. The molecular formula is C10H16N4O. The molecule has 0 radical (unpaired) electrons. The molecule has 4 N–H and O–H groups in total. The first kappa shape index (κ1) is 11.3. The fraction of sp³-hybridized carbons (Fsp3) is 0.400. The van der Waals surface area contributed by atoms with Gasteiger partial charge in [0.15, 0.2) is 0 Å². The third-order valence-electron chi connectivity index (χ3n) is 1.86. The Kier molecular flexibility index (Phi) is 4.40. The van der Waals surface area contributed by atoms with E-state index in [9.17, 15) is 4.79 Å². The van der Waals surface area contributed by atoms with Gasteiger partial charge in [-0.15, -0.1) is 0 Å². The summed E-state index contributed by atoms with van der Waals surface area (Å²) < 4.78 is 0. The normalized spacial score (nSPS) is 9.67. The van der Waals surface area contributed by atoms with Crippen LogP contribution in [0.5, 0.6) is 0 Å². The summed E-state index contributed by atoms with van der Waals surface area (Å²) in [4.78, 5) is 15.1. The first-order chi connectivity index (χ1) is 7.24. The van der Waals surface area contributed by atoms with Crippen LogP contribution < -0.4 is 16.4 Å². The van der Waals surface area contributed by atoms with Crippen LogP contribution in [0.3, 0.4) is 0 Å². The molecule has 0 spiro atoms. The van der Waals surface area contributed by atoms with Crippen LogP contribution in [-0.2, 0) is 4.79 Å². The van der Waals surface area contributed by atoms with Gasteiger partial charge in [0.05, 0.1) is 24.1 Å². The largest absolute Gasteiger partial charge is 0.396 e. The highest BCUT2D eigenvalue weighted by molar-refractivity contribution is 5.81. The molecule has 0 aliphatic rings. The lowest BCUT2D eigenvalue weighted by molar-refractivity contribution is -0.119. The summed E-state index contributed by atoms with van der Waals surface area (Å²) >= 11 is 0. The second-order valence-electron chi connectivity index (χ2n) is 3.17. The van der Waals surface area contributed by atoms with E-state index >= 15 is 0 Å². The van der Waals surface area contributed by atoms with Crippen molar-refractivity contribution in [3.63, 3.8) is 0 Å². The average molecular weight is 208 g/mol. The van der Waals surface area contributed by atoms with E-state index in [0.29, 0.717) is 12.2 Å². The predicted molar refractivity (Wildman–Crippen MR) is 60.4 cm³/mol. The Balaban J connectivity index is 2.37. The van der Waals surface area contributed by atoms with Crippen molar-refractivity contribution in [2.45, 2.75) is 13.3 Å². The first-order valence-electron chi connectivity index (χ1n) is 4.94. The number of rotatable bonds is 5. The minimum absolute atomic E-state index is 0.0342. The Morgan fingerprint density at radius 1 is 1.60 bits per heavy atom. The Labute approximate surface area is 89.1 Å². The van der Waals surface area contributed by atoms with Crippen LogP contribution in [-0.4, -0.2) is 24.0 Å². The molecule has 0 aromatic carbocycles. The van der Waals surface area contributed by atoms with Gasteiger partial charge in [-0.05, 0) is 12.5 Å². The molecule has 0 aliphatic carbocycles. The van der Waals surface area contributed by atoms with E-state index in [-0.39, 0.29) is 12.5 Å². The van der Waals surface area contributed by atoms with Crippen molar-refractivity contribution in [3.05, 3.63) is 18.5 Å². The molecule has 5 nitrogen and oxygen atoms in total. The van der Waals surface area contributed by atoms with Crippen LogP contribution in [0.2, 0.25) is 0 Å². The van der Waals surface area contributed by atoms with Gasteiger partial charge in [-0.2, -0.15) is 0 Å². The van der Waals surface area contributed by atoms with Crippen LogP contribution >= 0.6 is 0 Å². The molecular weight excluding hydrogens is 192 g/mol. The van der Waals surface area contributed by atoms with E-state index in [1.54, 1.807) is 18.5 Å². The second kappa shape index (κ2) is 5.85. The van der Waals surface area contributed by atoms with Crippen molar-refractivity contribution in [1.82, 2.24) is 10.3 Å². The number of hydrogen-bond donors (Lipinski definition) is 3. The molecule has 15 heavy (non-hydrogen) atoms. The Hall–Kier alpha value is -1.78. The van der Waals surface area contributed by atoms with Gasteiger partial charge in [-0.25, -0.2) is 0 Å². The summed E-state index contributed by atoms with van der Waals surface area (Å²) in [5.41, 5.74) is 6.93. The van der Waals surface area contributed by atoms with Gasteiger partial charge in [-0.1, -0.05) is 6.92 Å². The highest BCUT2D eigenvalue weighted by Crippen LogP contribution is 2.14. The lowest BCUT2D eigenvalue weighted by Crippen LogP contribution is -2.30. The first-order valence-corrected chi connectivity index (χ1v) is 4.94. The Bertz CT molecular complexity index is 327. The molecule has 0 atom stereocenters. The fourth-order valence-electron chi connectivity index (χ4n) is 1.07. The van der Waals surface area contributed by atoms with Crippen molar-refractivity contribution < 1.29 is 4.79 Å². The zero-order valence-electron chi connectivity index (χ0n) is 8.79. The molecule has 0 saturated carbocycles. The van der Waals surface area contributed by atoms with Gasteiger partial charge in [-0.3, -0.25) is 9.78 Å². The minimum atomic E-state index is -0.0342. The average Bonchev–Trinajstić information content (AvgIpc) is 2.25. The van der Waals surface area contributed by atoms with Crippen LogP contribution in [0.1, 0.15) is 13.3 Å². The fourth-order valence-corrected chi connectivity index (χ4v) is 1.07. The number of hydrogen-bond acceptors (Lipinski definition) is 4. The van der Waals surface area contributed by atoms with Gasteiger partial charge in [0, 0.05) is 12.7 Å². The number of nitrogen functional groups attached to an aromatic ring is 1. The number of aromatic nitrogens is 1. The highest BCUT2D eigenvalue weighted by atomic mass is 16.1. The quantitative estimate of drug-likeness (QED) is 0.662. The SMILES string of the molecule is CCCNC(=O)CNc1ccncc1N. The topological polar surface area (TPSA) is 80.0 Å². The molecule has 0 bridgehead atoms. The number of anilines is 2. The van der Waals surface area contributed by atoms with E-state index in [2.05, 4.69) is 15.6 Å². The molecule has 0 aliphatic heterocycles. The highest BCUT2D eigenvalue weighted by Gasteiger charge is 2.01. The van der Waals surface area contributed by atoms with Crippen molar-refractivity contribution in [3.8, 4) is 0 Å². The zero-order valence-corrected chi connectivity index (χ0v) is 8.79. The van der Waals surface area contributed by atoms with Gasteiger partial charge >= 0.3 is 0 Å². The summed E-state index contributed by atoms with van der Waals surface area (Å²) in [6, 6.07) is 1.74. The van der Waals surface area contributed by atoms with Crippen molar-refractivity contribution in [2.75, 3.05) is 24.1 Å². The summed E-state index contributed by atoms with van der Waals surface area (Å²) in [5.74, 6) is -0.0342. The molecule has 1 aromatic heterocycles. The smallest absolute Gasteiger partial charge is 0.239 e. The molecule has 1 amide bonds. The van der Waals surface area contributed by atoms with Crippen molar-refractivity contribution in [1.29, 1.82) is 0 Å². The molecule has 0 saturated heterocycles. The zero-order chi connectivity index (χ0) is 11.1. The minimum Gasteiger partial charge on any atom is -0.396 e. The summed E-state index contributed by atoms with van der Waals surface area (Å²) in [6.07, 6.45) is 4.11. The summed E-state index contributed by atoms with van der Waals surface area (Å²) in [6.45, 7) is 2.94. The van der Waals surface area contributed by atoms with Gasteiger partial charge in [0.2, 0.25) is 5.91 Å². The lowest BCUT2D eigenvalue weighted by atomic mass is 10.3. The van der Waals surface area contributed by atoms with Gasteiger partial charge < -0.3 is 16.4 Å². The van der Waals surface area contributed by atoms with Crippen LogP contribution in [0.15, 0.2) is 18.5 Å². The number of carbonyl (C=O) groups excluding carboxylic acids is 1. The van der Waals surface area contributed by atoms with Crippen LogP contribution in [0.4, 0.5) is 11.4 Å². The van der Waals surface area contributed by atoms with E-state index in [1.807, 2.05) is 6.92 Å². The molecule has 0 unspecified atom stereocenters. The monoisotopic (exact) mass is 208 g/mol. The molecule has 5 heteroatoms. The lowest BCUT2D eigenvalue weighted by Gasteiger charge is -2.08. The van der Waals surface area contributed by atoms with E-state index in [0.717, 1.165) is 12.1 Å². The van der Waals surface area contributed by atoms with E-state index in [1.165, 1.54) is 0 Å². The number of nitrogens with one attached hydrogen (secondary N) is 2. The molecule has 1 heterocycles. The molecule has 0 fully saturated rings. The molecule has 1 aromatic rings. The van der Waals surface area contributed by atoms with Crippen LogP contribution in [0, 0.1) is 0 Å². The number of nitrogens with zero attached hydrogens (tertiary/aromatic N) is 1. The number of nitrogens with two attached hydrogens (primary N) is 1. The molecule has 1 rings (SSSR count). The number of pyridine rings is 1. The van der Waals surface area contributed by atoms with Gasteiger partial charge in [0.25, 0.3) is 0 Å². The third kappa shape index (κ3) is 3.84. The standard InChI is InChI=1S/C10H16N4O/c1-2-4-13-10(15)7-14-9-3-5-12-6-8(9)11/h3,5-6H,2,4,7,11H2,1H3,(H,12,14)(H,13,15). The summed E-state index contributed by atoms with van der Waals surface area (Å²) in [7, 11) is 0. The Morgan fingerprint density at radius 3 is 3.07 bits per heavy atom. The van der Waals surface area contributed by atoms with Gasteiger partial charge in [0.1, 0.15) is 0 Å². The predicted octanol–water partition coefficient (Wildman–Crippen LogP) is 0.602. The maximum absolute atomic E-state index is 11.3. The van der Waals surface area contributed by atoms with Crippen molar-refractivity contribution >= 4 is 17.3 Å². The second-order valence-corrected chi connectivity index (χ2v) is 3.17. The maximum atomic E-state index is 11.3. The number of amides is 1. The van der Waals surface area contributed by atoms with E-state index < -0.39 is 0 Å². The summed E-state index contributed by atoms with van der Waals surface area (Å²) in [5, 5.41) is 5.71. The van der Waals surface area contributed by atoms with Crippen molar-refractivity contribution in [2.24, 2.45) is 0 Å². The third-order valence-corrected chi connectivity index (χ3v) is 1.86.